The largest absolute Gasteiger partial charge is 0.497 e. The molecule has 152 valence electrons. The van der Waals surface area contributed by atoms with E-state index >= 15 is 0 Å². The number of ketones is 1. The van der Waals surface area contributed by atoms with E-state index in [4.69, 9.17) is 9.47 Å². The van der Waals surface area contributed by atoms with Gasteiger partial charge in [-0.1, -0.05) is 26.0 Å². The van der Waals surface area contributed by atoms with Gasteiger partial charge in [-0.3, -0.25) is 4.79 Å². The van der Waals surface area contributed by atoms with E-state index in [1.807, 2.05) is 12.1 Å². The Morgan fingerprint density at radius 1 is 1.07 bits per heavy atom. The molecule has 0 bridgehead atoms. The number of hydrogen-bond donors (Lipinski definition) is 1. The summed E-state index contributed by atoms with van der Waals surface area (Å²) in [5.41, 5.74) is 4.89. The van der Waals surface area contributed by atoms with Crippen LogP contribution in [0.2, 0.25) is 0 Å². The maximum Gasteiger partial charge on any atom is 0.162 e. The van der Waals surface area contributed by atoms with Gasteiger partial charge in [-0.25, -0.2) is 0 Å². The van der Waals surface area contributed by atoms with Crippen molar-refractivity contribution in [3.63, 3.8) is 0 Å². The van der Waals surface area contributed by atoms with Gasteiger partial charge < -0.3 is 14.8 Å². The molecule has 0 aromatic heterocycles. The number of carbonyl (C=O) groups is 1. The fraction of sp³-hybridized carbons (Fsp3) is 0.375. The molecule has 0 saturated carbocycles. The van der Waals surface area contributed by atoms with Crippen molar-refractivity contribution >= 4 is 23.2 Å². The quantitative estimate of drug-likeness (QED) is 0.664. The van der Waals surface area contributed by atoms with Crippen LogP contribution in [0.5, 0.6) is 11.5 Å². The first-order valence-electron chi connectivity index (χ1n) is 9.80. The van der Waals surface area contributed by atoms with E-state index in [0.29, 0.717) is 6.42 Å². The van der Waals surface area contributed by atoms with Crippen LogP contribution in [-0.4, -0.2) is 26.3 Å². The fourth-order valence-corrected chi connectivity index (χ4v) is 4.92. The van der Waals surface area contributed by atoms with Gasteiger partial charge >= 0.3 is 0 Å². The standard InChI is InChI=1S/C24H27NO3S/c1-24(2)12-18-22(19(26)13-24)21(14-6-8-16(29-5)9-7-14)23-17(25-18)10-15(27-3)11-20(23)28-4/h6-11,21,25H,12-13H2,1-5H3. The van der Waals surface area contributed by atoms with Gasteiger partial charge in [0.15, 0.2) is 5.78 Å². The van der Waals surface area contributed by atoms with Crippen molar-refractivity contribution in [2.24, 2.45) is 5.41 Å². The molecule has 5 heteroatoms. The highest BCUT2D eigenvalue weighted by Crippen LogP contribution is 2.52. The van der Waals surface area contributed by atoms with Crippen LogP contribution < -0.4 is 14.8 Å². The summed E-state index contributed by atoms with van der Waals surface area (Å²) < 4.78 is 11.2. The van der Waals surface area contributed by atoms with Crippen LogP contribution in [0.15, 0.2) is 52.6 Å². The lowest BCUT2D eigenvalue weighted by Crippen LogP contribution is -2.34. The molecule has 2 aromatic rings. The van der Waals surface area contributed by atoms with Gasteiger partial charge in [-0.05, 0) is 35.8 Å². The Kier molecular flexibility index (Phi) is 5.11. The molecule has 2 aliphatic rings. The molecule has 4 rings (SSSR count). The summed E-state index contributed by atoms with van der Waals surface area (Å²) in [6, 6.07) is 12.4. The Morgan fingerprint density at radius 3 is 2.41 bits per heavy atom. The van der Waals surface area contributed by atoms with Crippen LogP contribution in [0.25, 0.3) is 0 Å². The molecule has 1 aliphatic carbocycles. The molecule has 1 atom stereocenters. The van der Waals surface area contributed by atoms with Crippen molar-refractivity contribution < 1.29 is 14.3 Å². The third-order valence-corrected chi connectivity index (χ3v) is 6.55. The van der Waals surface area contributed by atoms with E-state index < -0.39 is 0 Å². The van der Waals surface area contributed by atoms with Gasteiger partial charge in [0, 0.05) is 51.9 Å². The van der Waals surface area contributed by atoms with Crippen LogP contribution in [0.3, 0.4) is 0 Å². The van der Waals surface area contributed by atoms with Crippen molar-refractivity contribution in [1.29, 1.82) is 0 Å². The Balaban J connectivity index is 1.96. The van der Waals surface area contributed by atoms with Crippen molar-refractivity contribution in [2.45, 2.75) is 37.5 Å². The summed E-state index contributed by atoms with van der Waals surface area (Å²) in [4.78, 5) is 14.5. The van der Waals surface area contributed by atoms with Crippen molar-refractivity contribution in [3.05, 3.63) is 58.8 Å². The number of thioether (sulfide) groups is 1. The average Bonchev–Trinajstić information content (AvgIpc) is 2.70. The van der Waals surface area contributed by atoms with Gasteiger partial charge in [-0.2, -0.15) is 0 Å². The lowest BCUT2D eigenvalue weighted by atomic mass is 9.68. The minimum Gasteiger partial charge on any atom is -0.497 e. The molecule has 0 radical (unpaired) electrons. The molecule has 1 aliphatic heterocycles. The van der Waals surface area contributed by atoms with Crippen LogP contribution in [0.4, 0.5) is 5.69 Å². The van der Waals surface area contributed by atoms with Crippen LogP contribution in [0.1, 0.15) is 43.7 Å². The van der Waals surface area contributed by atoms with Gasteiger partial charge in [-0.15, -0.1) is 11.8 Å². The number of rotatable bonds is 4. The highest BCUT2D eigenvalue weighted by atomic mass is 32.2. The van der Waals surface area contributed by atoms with Gasteiger partial charge in [0.1, 0.15) is 11.5 Å². The Labute approximate surface area is 176 Å². The number of fused-ring (bicyclic) bond motifs is 1. The highest BCUT2D eigenvalue weighted by molar-refractivity contribution is 7.98. The zero-order valence-corrected chi connectivity index (χ0v) is 18.4. The van der Waals surface area contributed by atoms with Gasteiger partial charge in [0.25, 0.3) is 0 Å². The minimum atomic E-state index is -0.151. The summed E-state index contributed by atoms with van der Waals surface area (Å²) in [5, 5.41) is 3.55. The number of carbonyl (C=O) groups excluding carboxylic acids is 1. The van der Waals surface area contributed by atoms with Crippen molar-refractivity contribution in [3.8, 4) is 11.5 Å². The zero-order valence-electron chi connectivity index (χ0n) is 17.6. The van der Waals surface area contributed by atoms with E-state index in [0.717, 1.165) is 46.0 Å². The molecule has 1 unspecified atom stereocenters. The Bertz CT molecular complexity index is 992. The third kappa shape index (κ3) is 3.52. The van der Waals surface area contributed by atoms with Crippen molar-refractivity contribution in [2.75, 3.05) is 25.8 Å². The smallest absolute Gasteiger partial charge is 0.162 e. The average molecular weight is 410 g/mol. The Morgan fingerprint density at radius 2 is 1.79 bits per heavy atom. The first kappa shape index (κ1) is 19.9. The number of methoxy groups -OCH3 is 2. The topological polar surface area (TPSA) is 47.6 Å². The molecule has 1 heterocycles. The molecule has 0 amide bonds. The molecule has 4 nitrogen and oxygen atoms in total. The third-order valence-electron chi connectivity index (χ3n) is 5.80. The van der Waals surface area contributed by atoms with Crippen LogP contribution >= 0.6 is 11.8 Å². The molecule has 1 N–H and O–H groups in total. The monoisotopic (exact) mass is 409 g/mol. The fourth-order valence-electron chi connectivity index (χ4n) is 4.51. The predicted molar refractivity (Wildman–Crippen MR) is 118 cm³/mol. The number of allylic oxidation sites excluding steroid dienone is 2. The Hall–Kier alpha value is -2.40. The molecule has 0 fully saturated rings. The van der Waals surface area contributed by atoms with Gasteiger partial charge in [0.2, 0.25) is 0 Å². The molecular formula is C24H27NO3S. The summed E-state index contributed by atoms with van der Waals surface area (Å²) in [6.07, 6.45) is 3.46. The summed E-state index contributed by atoms with van der Waals surface area (Å²) in [6.45, 7) is 4.31. The zero-order chi connectivity index (χ0) is 20.8. The number of benzene rings is 2. The SMILES string of the molecule is COc1cc2c(c(OC)c1)C(c1ccc(SC)cc1)C1=C(CC(C)(C)CC1=O)N2. The van der Waals surface area contributed by atoms with Crippen LogP contribution in [-0.2, 0) is 4.79 Å². The van der Waals surface area contributed by atoms with E-state index in [1.165, 1.54) is 4.90 Å². The number of anilines is 1. The minimum absolute atomic E-state index is 0.0589. The summed E-state index contributed by atoms with van der Waals surface area (Å²) in [5.74, 6) is 1.53. The lowest BCUT2D eigenvalue weighted by Gasteiger charge is -2.40. The second-order valence-electron chi connectivity index (χ2n) is 8.46. The molecular weight excluding hydrogens is 382 g/mol. The van der Waals surface area contributed by atoms with E-state index in [2.05, 4.69) is 49.7 Å². The van der Waals surface area contributed by atoms with E-state index in [9.17, 15) is 4.79 Å². The number of hydrogen-bond acceptors (Lipinski definition) is 5. The first-order valence-corrected chi connectivity index (χ1v) is 11.0. The number of Topliss-reactive ketones (excluding diaryl/α,β-unsaturated/α-hetero) is 1. The molecule has 2 aromatic carbocycles. The lowest BCUT2D eigenvalue weighted by molar-refractivity contribution is -0.118. The number of ether oxygens (including phenoxy) is 2. The van der Waals surface area contributed by atoms with E-state index in [1.54, 1.807) is 26.0 Å². The summed E-state index contributed by atoms with van der Waals surface area (Å²) >= 11 is 1.71. The molecule has 0 spiro atoms. The molecule has 0 saturated heterocycles. The second kappa shape index (κ2) is 7.45. The normalized spacial score (nSPS) is 19.9. The first-order chi connectivity index (χ1) is 13.9. The summed E-state index contributed by atoms with van der Waals surface area (Å²) in [7, 11) is 3.32. The maximum atomic E-state index is 13.3. The van der Waals surface area contributed by atoms with Crippen molar-refractivity contribution in [1.82, 2.24) is 0 Å². The van der Waals surface area contributed by atoms with Crippen LogP contribution in [0, 0.1) is 5.41 Å². The van der Waals surface area contributed by atoms with E-state index in [-0.39, 0.29) is 17.1 Å². The number of nitrogens with one attached hydrogen (secondary N) is 1. The predicted octanol–water partition coefficient (Wildman–Crippen LogP) is 5.63. The van der Waals surface area contributed by atoms with Gasteiger partial charge in [0.05, 0.1) is 14.2 Å². The second-order valence-corrected chi connectivity index (χ2v) is 9.33. The highest BCUT2D eigenvalue weighted by Gasteiger charge is 2.42. The molecule has 29 heavy (non-hydrogen) atoms. The maximum absolute atomic E-state index is 13.3.